The molecule has 1 unspecified atom stereocenters. The van der Waals surface area contributed by atoms with Crippen LogP contribution in [0.4, 0.5) is 0 Å². The first-order valence-electron chi connectivity index (χ1n) is 22.9. The largest absolute Gasteiger partial charge is 0.496 e. The summed E-state index contributed by atoms with van der Waals surface area (Å²) in [6.07, 6.45) is 1.16. The van der Waals surface area contributed by atoms with Gasteiger partial charge in [-0.2, -0.15) is 0 Å². The lowest BCUT2D eigenvalue weighted by Gasteiger charge is -2.49. The number of ether oxygens (including phenoxy) is 6. The summed E-state index contributed by atoms with van der Waals surface area (Å²) in [6, 6.07) is 29.7. The van der Waals surface area contributed by atoms with Crippen molar-refractivity contribution < 1.29 is 38.3 Å². The van der Waals surface area contributed by atoms with Crippen LogP contribution >= 0.6 is 22.7 Å². The predicted octanol–water partition coefficient (Wildman–Crippen LogP) is 14.6. The van der Waals surface area contributed by atoms with E-state index in [1.807, 2.05) is 0 Å². The number of methoxy groups -OCH3 is 2. The van der Waals surface area contributed by atoms with Gasteiger partial charge in [-0.15, -0.1) is 22.7 Å². The van der Waals surface area contributed by atoms with Gasteiger partial charge in [0.25, 0.3) is 0 Å². The van der Waals surface area contributed by atoms with Gasteiger partial charge in [-0.1, -0.05) is 46.4 Å². The van der Waals surface area contributed by atoms with Crippen molar-refractivity contribution in [1.29, 1.82) is 0 Å². The van der Waals surface area contributed by atoms with Crippen LogP contribution in [-0.4, -0.2) is 61.9 Å². The van der Waals surface area contributed by atoms with Gasteiger partial charge >= 0.3 is 5.97 Å². The number of esters is 1. The lowest BCUT2D eigenvalue weighted by molar-refractivity contribution is -0.146. The lowest BCUT2D eigenvalue weighted by atomic mass is 9.64. The third-order valence-corrected chi connectivity index (χ3v) is 14.2. The molecule has 0 radical (unpaired) electrons. The van der Waals surface area contributed by atoms with E-state index in [1.54, 1.807) is 43.8 Å². The number of aliphatic hydroxyl groups excluding tert-OH is 1. The Bertz CT molecular complexity index is 2490. The number of thiophene rings is 2. The molecule has 0 amide bonds. The molecule has 1 N–H and O–H groups in total. The molecule has 0 saturated carbocycles. The predicted molar refractivity (Wildman–Crippen MR) is 274 cm³/mol. The van der Waals surface area contributed by atoms with Crippen LogP contribution in [0.5, 0.6) is 23.0 Å². The summed E-state index contributed by atoms with van der Waals surface area (Å²) in [7, 11) is 3.43. The number of carbonyl (C=O) groups excluding carboxylic acids is 1. The molecule has 2 heterocycles. The molecular formula is C56H70O8S2. The molecule has 66 heavy (non-hydrogen) atoms. The summed E-state index contributed by atoms with van der Waals surface area (Å²) in [4.78, 5) is 14.2. The second-order valence-corrected chi connectivity index (χ2v) is 22.7. The first-order valence-corrected chi connectivity index (χ1v) is 24.5. The molecule has 0 aliphatic carbocycles. The molecule has 8 nitrogen and oxygen atoms in total. The monoisotopic (exact) mass is 934 g/mol. The highest BCUT2D eigenvalue weighted by Crippen LogP contribution is 2.48. The second-order valence-electron chi connectivity index (χ2n) is 20.5. The van der Waals surface area contributed by atoms with E-state index in [1.165, 1.54) is 0 Å². The SMILES string of the molecule is C=C(C)C(=O)OCCCC(O)COC(C(C)(C)CC(C)(C)Oc1ccc2cc(-c3ccc(C)cc3OC)sc2c1)C(C)(C)CC(C)(C)Oc1ccc2cc(-c3ccc(C)cc3OC)sc2c1. The normalized spacial score (nSPS) is 13.0. The average molecular weight is 935 g/mol. The Morgan fingerprint density at radius 3 is 1.55 bits per heavy atom. The van der Waals surface area contributed by atoms with E-state index in [9.17, 15) is 9.90 Å². The molecule has 0 fully saturated rings. The number of benzene rings is 4. The van der Waals surface area contributed by atoms with Gasteiger partial charge in [0.2, 0.25) is 0 Å². The van der Waals surface area contributed by atoms with E-state index in [-0.39, 0.29) is 19.3 Å². The Kier molecular flexibility index (Phi) is 15.7. The quantitative estimate of drug-likeness (QED) is 0.0409. The molecule has 2 aromatic heterocycles. The van der Waals surface area contributed by atoms with Crippen LogP contribution in [-0.2, 0) is 14.3 Å². The summed E-state index contributed by atoms with van der Waals surface area (Å²) in [5.74, 6) is 2.90. The lowest BCUT2D eigenvalue weighted by Crippen LogP contribution is -2.51. The molecule has 6 rings (SSSR count). The van der Waals surface area contributed by atoms with Crippen LogP contribution in [0.15, 0.2) is 97.1 Å². The van der Waals surface area contributed by atoms with Crippen LogP contribution in [0, 0.1) is 24.7 Å². The van der Waals surface area contributed by atoms with Crippen LogP contribution in [0.1, 0.15) is 99.1 Å². The molecule has 0 aliphatic rings. The van der Waals surface area contributed by atoms with Gasteiger partial charge in [-0.05, 0) is 180 Å². The Balaban J connectivity index is 1.20. The molecule has 0 saturated heterocycles. The summed E-state index contributed by atoms with van der Waals surface area (Å²) >= 11 is 3.45. The van der Waals surface area contributed by atoms with Crippen LogP contribution in [0.3, 0.4) is 0 Å². The van der Waals surface area contributed by atoms with Crippen molar-refractivity contribution in [3.8, 4) is 43.9 Å². The Hall–Kier alpha value is -4.87. The molecule has 10 heteroatoms. The molecule has 0 aliphatic heterocycles. The number of aryl methyl sites for hydroxylation is 2. The van der Waals surface area contributed by atoms with Crippen molar-refractivity contribution in [3.05, 3.63) is 108 Å². The van der Waals surface area contributed by atoms with Crippen LogP contribution < -0.4 is 18.9 Å². The number of hydrogen-bond donors (Lipinski definition) is 1. The maximum atomic E-state index is 11.9. The second kappa shape index (κ2) is 20.6. The molecule has 1 atom stereocenters. The van der Waals surface area contributed by atoms with Crippen LogP contribution in [0.2, 0.25) is 0 Å². The Morgan fingerprint density at radius 1 is 0.667 bits per heavy atom. The Morgan fingerprint density at radius 2 is 1.12 bits per heavy atom. The zero-order valence-electron chi connectivity index (χ0n) is 41.3. The van der Waals surface area contributed by atoms with E-state index in [0.29, 0.717) is 31.3 Å². The van der Waals surface area contributed by atoms with Gasteiger partial charge in [0.05, 0.1) is 39.6 Å². The van der Waals surface area contributed by atoms with E-state index in [2.05, 4.69) is 161 Å². The van der Waals surface area contributed by atoms with Crippen molar-refractivity contribution in [1.82, 2.24) is 0 Å². The average Bonchev–Trinajstić information content (AvgIpc) is 3.84. The summed E-state index contributed by atoms with van der Waals surface area (Å²) < 4.78 is 39.7. The van der Waals surface area contributed by atoms with Crippen molar-refractivity contribution in [2.24, 2.45) is 10.8 Å². The van der Waals surface area contributed by atoms with Crippen LogP contribution in [0.25, 0.3) is 41.1 Å². The summed E-state index contributed by atoms with van der Waals surface area (Å²) in [5.41, 5.74) is 2.75. The van der Waals surface area contributed by atoms with Crippen molar-refractivity contribution >= 4 is 48.8 Å². The highest BCUT2D eigenvalue weighted by Gasteiger charge is 2.47. The number of rotatable bonds is 22. The van der Waals surface area contributed by atoms with Gasteiger partial charge in [0, 0.05) is 35.9 Å². The van der Waals surface area contributed by atoms with Gasteiger partial charge in [0.15, 0.2) is 0 Å². The molecule has 354 valence electrons. The van der Waals surface area contributed by atoms with Crippen molar-refractivity contribution in [3.63, 3.8) is 0 Å². The summed E-state index contributed by atoms with van der Waals surface area (Å²) in [5, 5.41) is 13.5. The first kappa shape index (κ1) is 50.5. The van der Waals surface area contributed by atoms with Gasteiger partial charge in [0.1, 0.15) is 34.2 Å². The number of fused-ring (bicyclic) bond motifs is 2. The Labute approximate surface area is 400 Å². The zero-order valence-corrected chi connectivity index (χ0v) is 42.9. The van der Waals surface area contributed by atoms with E-state index in [0.717, 1.165) is 75.2 Å². The highest BCUT2D eigenvalue weighted by molar-refractivity contribution is 7.22. The molecule has 4 aromatic carbocycles. The standard InChI is InChI=1S/C56H70O8S2/c1-35(2)51(58)61-25-15-16-40(57)32-62-52(53(5,6)33-55(9,10)63-41-21-19-38-28-49(65-47(38)30-41)43-23-17-36(3)26-45(43)59-13)54(7,8)34-56(11,12)64-42-22-20-39-29-50(66-48(39)31-42)44-24-18-37(4)27-46(44)60-14/h17-24,26-31,40,52,57H,1,15-16,25,32-34H2,2-14H3. The smallest absolute Gasteiger partial charge is 0.333 e. The number of hydrogen-bond acceptors (Lipinski definition) is 10. The topological polar surface area (TPSA) is 92.7 Å². The number of carbonyl (C=O) groups is 1. The minimum atomic E-state index is -0.749. The first-order chi connectivity index (χ1) is 31.0. The molecular weight excluding hydrogens is 865 g/mol. The molecule has 6 aromatic rings. The fraction of sp³-hybridized carbons (Fsp3) is 0.446. The molecule has 0 bridgehead atoms. The van der Waals surface area contributed by atoms with E-state index in [4.69, 9.17) is 28.4 Å². The van der Waals surface area contributed by atoms with Gasteiger partial charge < -0.3 is 33.5 Å². The zero-order chi connectivity index (χ0) is 48.2. The third-order valence-electron chi connectivity index (χ3n) is 11.9. The fourth-order valence-electron chi connectivity index (χ4n) is 9.92. The molecule has 0 spiro atoms. The fourth-order valence-corrected chi connectivity index (χ4v) is 12.2. The van der Waals surface area contributed by atoms with Gasteiger partial charge in [-0.3, -0.25) is 0 Å². The van der Waals surface area contributed by atoms with Crippen molar-refractivity contribution in [2.45, 2.75) is 125 Å². The minimum absolute atomic E-state index is 0.126. The third kappa shape index (κ3) is 12.8. The minimum Gasteiger partial charge on any atom is -0.496 e. The van der Waals surface area contributed by atoms with Crippen molar-refractivity contribution in [2.75, 3.05) is 27.4 Å². The summed E-state index contributed by atoms with van der Waals surface area (Å²) in [6.45, 7) is 27.2. The highest BCUT2D eigenvalue weighted by atomic mass is 32.1. The van der Waals surface area contributed by atoms with E-state index >= 15 is 0 Å². The maximum Gasteiger partial charge on any atom is 0.333 e. The van der Waals surface area contributed by atoms with E-state index < -0.39 is 34.1 Å². The number of aliphatic hydroxyl groups is 1. The maximum absolute atomic E-state index is 11.9. The van der Waals surface area contributed by atoms with Gasteiger partial charge in [-0.25, -0.2) is 4.79 Å².